The number of rotatable bonds is 4. The predicted molar refractivity (Wildman–Crippen MR) is 37.9 cm³/mol. The molecule has 4 N–H and O–H groups in total. The zero-order valence-corrected chi connectivity index (χ0v) is 6.48. The van der Waals surface area contributed by atoms with Crippen molar-refractivity contribution in [2.24, 2.45) is 0 Å². The van der Waals surface area contributed by atoms with Gasteiger partial charge in [0.05, 0.1) is 6.10 Å². The molecule has 0 aliphatic carbocycles. The van der Waals surface area contributed by atoms with Crippen molar-refractivity contribution >= 4 is 5.97 Å². The van der Waals surface area contributed by atoms with Crippen LogP contribution in [0.25, 0.3) is 0 Å². The van der Waals surface area contributed by atoms with E-state index in [-0.39, 0.29) is 0 Å². The lowest BCUT2D eigenvalue weighted by Gasteiger charge is -2.18. The van der Waals surface area contributed by atoms with E-state index in [1.165, 1.54) is 13.8 Å². The van der Waals surface area contributed by atoms with Crippen LogP contribution in [0.2, 0.25) is 0 Å². The van der Waals surface area contributed by atoms with Gasteiger partial charge in [0, 0.05) is 0 Å². The largest absolute Gasteiger partial charge is 0.480 e. The molecule has 5 nitrogen and oxygen atoms in total. The van der Waals surface area contributed by atoms with Crippen LogP contribution in [0, 0.1) is 0 Å². The maximum Gasteiger partial charge on any atom is 0.323 e. The summed E-state index contributed by atoms with van der Waals surface area (Å²) >= 11 is 0. The molecule has 0 saturated carbocycles. The van der Waals surface area contributed by atoms with Gasteiger partial charge in [-0.05, 0) is 13.8 Å². The first-order valence-corrected chi connectivity index (χ1v) is 3.30. The first kappa shape index (κ1) is 10.3. The number of hydrogen-bond acceptors (Lipinski definition) is 4. The van der Waals surface area contributed by atoms with E-state index in [1.807, 2.05) is 0 Å². The maximum atomic E-state index is 10.3. The standard InChI is InChI=1S/C6H13NO4/c1-3(8)5(6(10)11)7-4(2)9/h3-5,7-9H,1-2H3,(H,10,11)/t3-,4?,5+/m1/s1. The van der Waals surface area contributed by atoms with E-state index in [4.69, 9.17) is 15.3 Å². The van der Waals surface area contributed by atoms with Gasteiger partial charge in [0.25, 0.3) is 0 Å². The van der Waals surface area contributed by atoms with E-state index in [2.05, 4.69) is 5.32 Å². The van der Waals surface area contributed by atoms with Gasteiger partial charge in [-0.3, -0.25) is 10.1 Å². The zero-order valence-electron chi connectivity index (χ0n) is 6.48. The van der Waals surface area contributed by atoms with Crippen molar-refractivity contribution in [3.8, 4) is 0 Å². The van der Waals surface area contributed by atoms with Crippen molar-refractivity contribution in [1.82, 2.24) is 5.32 Å². The summed E-state index contributed by atoms with van der Waals surface area (Å²) in [6.45, 7) is 2.73. The number of nitrogens with one attached hydrogen (secondary N) is 1. The average Bonchev–Trinajstić information content (AvgIpc) is 1.81. The monoisotopic (exact) mass is 163 g/mol. The smallest absolute Gasteiger partial charge is 0.323 e. The second kappa shape index (κ2) is 4.27. The van der Waals surface area contributed by atoms with Crippen LogP contribution in [-0.2, 0) is 4.79 Å². The van der Waals surface area contributed by atoms with Crippen molar-refractivity contribution in [1.29, 1.82) is 0 Å². The molecule has 11 heavy (non-hydrogen) atoms. The normalized spacial score (nSPS) is 18.9. The fourth-order valence-electron chi connectivity index (χ4n) is 0.677. The third-order valence-corrected chi connectivity index (χ3v) is 1.17. The van der Waals surface area contributed by atoms with Crippen LogP contribution in [-0.4, -0.2) is 39.7 Å². The number of carboxylic acids is 1. The minimum absolute atomic E-state index is 0.939. The number of aliphatic hydroxyl groups is 2. The predicted octanol–water partition coefficient (Wildman–Crippen LogP) is -1.25. The number of carboxylic acid groups (broad SMARTS) is 1. The summed E-state index contributed by atoms with van der Waals surface area (Å²) in [4.78, 5) is 10.3. The van der Waals surface area contributed by atoms with Crippen LogP contribution in [0.1, 0.15) is 13.8 Å². The van der Waals surface area contributed by atoms with E-state index in [1.54, 1.807) is 0 Å². The lowest BCUT2D eigenvalue weighted by atomic mass is 10.2. The van der Waals surface area contributed by atoms with Crippen molar-refractivity contribution in [3.63, 3.8) is 0 Å². The molecule has 0 aromatic rings. The second-order valence-electron chi connectivity index (χ2n) is 2.40. The Balaban J connectivity index is 4.01. The molecule has 3 atom stereocenters. The van der Waals surface area contributed by atoms with Gasteiger partial charge in [0.15, 0.2) is 0 Å². The maximum absolute atomic E-state index is 10.3. The molecule has 66 valence electrons. The lowest BCUT2D eigenvalue weighted by molar-refractivity contribution is -0.143. The van der Waals surface area contributed by atoms with Crippen molar-refractivity contribution in [2.45, 2.75) is 32.2 Å². The molecule has 0 fully saturated rings. The third kappa shape index (κ3) is 3.92. The third-order valence-electron chi connectivity index (χ3n) is 1.17. The fourth-order valence-corrected chi connectivity index (χ4v) is 0.677. The summed E-state index contributed by atoms with van der Waals surface area (Å²) in [6.07, 6.45) is -1.97. The quantitative estimate of drug-likeness (QED) is 0.389. The zero-order chi connectivity index (χ0) is 9.02. The summed E-state index contributed by atoms with van der Waals surface area (Å²) in [5, 5.41) is 28.4. The molecule has 0 aromatic carbocycles. The first-order valence-electron chi connectivity index (χ1n) is 3.30. The Kier molecular flexibility index (Phi) is 4.02. The van der Waals surface area contributed by atoms with Gasteiger partial charge < -0.3 is 15.3 Å². The summed E-state index contributed by atoms with van der Waals surface area (Å²) < 4.78 is 0. The van der Waals surface area contributed by atoms with Crippen molar-refractivity contribution < 1.29 is 20.1 Å². The average molecular weight is 163 g/mol. The van der Waals surface area contributed by atoms with E-state index in [0.717, 1.165) is 0 Å². The van der Waals surface area contributed by atoms with Crippen molar-refractivity contribution in [3.05, 3.63) is 0 Å². The summed E-state index contributed by atoms with van der Waals surface area (Å²) in [5.41, 5.74) is 0. The molecule has 0 amide bonds. The molecule has 0 rings (SSSR count). The van der Waals surface area contributed by atoms with E-state index >= 15 is 0 Å². The Labute approximate surface area is 64.7 Å². The molecular weight excluding hydrogens is 150 g/mol. The number of aliphatic hydroxyl groups excluding tert-OH is 2. The van der Waals surface area contributed by atoms with Gasteiger partial charge in [-0.25, -0.2) is 0 Å². The molecule has 0 aliphatic heterocycles. The van der Waals surface area contributed by atoms with Gasteiger partial charge in [-0.1, -0.05) is 0 Å². The topological polar surface area (TPSA) is 89.8 Å². The summed E-state index contributed by atoms with van der Waals surface area (Å²) in [5.74, 6) is -1.18. The van der Waals surface area contributed by atoms with E-state index in [0.29, 0.717) is 0 Å². The summed E-state index contributed by atoms with van der Waals surface area (Å²) in [6, 6.07) is -1.12. The Morgan fingerprint density at radius 1 is 1.36 bits per heavy atom. The minimum Gasteiger partial charge on any atom is -0.480 e. The molecule has 0 spiro atoms. The molecule has 5 heteroatoms. The van der Waals surface area contributed by atoms with Gasteiger partial charge >= 0.3 is 5.97 Å². The van der Waals surface area contributed by atoms with Crippen LogP contribution >= 0.6 is 0 Å². The highest BCUT2D eigenvalue weighted by Gasteiger charge is 2.23. The second-order valence-corrected chi connectivity index (χ2v) is 2.40. The Morgan fingerprint density at radius 2 is 1.82 bits per heavy atom. The minimum atomic E-state index is -1.18. The SMILES string of the molecule is CC(O)N[C@H](C(=O)O)[C@@H](C)O. The molecule has 0 aromatic heterocycles. The molecule has 0 bridgehead atoms. The molecule has 0 aliphatic rings. The molecule has 1 unspecified atom stereocenters. The van der Waals surface area contributed by atoms with E-state index < -0.39 is 24.3 Å². The van der Waals surface area contributed by atoms with Crippen LogP contribution < -0.4 is 5.32 Å². The van der Waals surface area contributed by atoms with Gasteiger partial charge in [0.2, 0.25) is 0 Å². The lowest BCUT2D eigenvalue weighted by Crippen LogP contribution is -2.48. The Bertz CT molecular complexity index is 135. The van der Waals surface area contributed by atoms with Crippen LogP contribution in [0.5, 0.6) is 0 Å². The van der Waals surface area contributed by atoms with Gasteiger partial charge in [0.1, 0.15) is 12.3 Å². The Hall–Kier alpha value is -0.650. The van der Waals surface area contributed by atoms with E-state index in [9.17, 15) is 4.79 Å². The number of hydrogen-bond donors (Lipinski definition) is 4. The van der Waals surface area contributed by atoms with Crippen LogP contribution in [0.15, 0.2) is 0 Å². The highest BCUT2D eigenvalue weighted by atomic mass is 16.4. The van der Waals surface area contributed by atoms with Crippen LogP contribution in [0.3, 0.4) is 0 Å². The Morgan fingerprint density at radius 3 is 1.91 bits per heavy atom. The molecule has 0 heterocycles. The van der Waals surface area contributed by atoms with Crippen molar-refractivity contribution in [2.75, 3.05) is 0 Å². The molecule has 0 radical (unpaired) electrons. The molecular formula is C6H13NO4. The van der Waals surface area contributed by atoms with Gasteiger partial charge in [-0.15, -0.1) is 0 Å². The molecule has 0 saturated heterocycles. The number of aliphatic carboxylic acids is 1. The van der Waals surface area contributed by atoms with Gasteiger partial charge in [-0.2, -0.15) is 0 Å². The number of carbonyl (C=O) groups is 1. The highest BCUT2D eigenvalue weighted by Crippen LogP contribution is 1.93. The highest BCUT2D eigenvalue weighted by molar-refractivity contribution is 5.74. The summed E-state index contributed by atoms with van der Waals surface area (Å²) in [7, 11) is 0. The first-order chi connectivity index (χ1) is 4.95. The fraction of sp³-hybridized carbons (Fsp3) is 0.833. The van der Waals surface area contributed by atoms with Crippen LogP contribution in [0.4, 0.5) is 0 Å².